The fourth-order valence-corrected chi connectivity index (χ4v) is 9.09. The average Bonchev–Trinajstić information content (AvgIpc) is 3.11. The van der Waals surface area contributed by atoms with Gasteiger partial charge in [0.15, 0.2) is 17.2 Å². The molecular formula is C24H28BrClF2O5. The summed E-state index contributed by atoms with van der Waals surface area (Å²) in [6.07, 6.45) is 1.66. The Morgan fingerprint density at radius 3 is 2.58 bits per heavy atom. The average molecular weight is 550 g/mol. The maximum atomic E-state index is 15.6. The second-order valence-electron chi connectivity index (χ2n) is 11.1. The van der Waals surface area contributed by atoms with E-state index in [0.29, 0.717) is 12.0 Å². The lowest BCUT2D eigenvalue weighted by atomic mass is 9.45. The molecule has 5 nitrogen and oxygen atoms in total. The molecule has 182 valence electrons. The van der Waals surface area contributed by atoms with Gasteiger partial charge in [-0.15, -0.1) is 0 Å². The van der Waals surface area contributed by atoms with E-state index in [2.05, 4.69) is 15.9 Å². The zero-order chi connectivity index (χ0) is 24.4. The first-order valence-electron chi connectivity index (χ1n) is 11.3. The predicted molar refractivity (Wildman–Crippen MR) is 120 cm³/mol. The maximum Gasteiger partial charge on any atom is 0.234 e. The van der Waals surface area contributed by atoms with E-state index in [9.17, 15) is 19.1 Å². The van der Waals surface area contributed by atoms with Gasteiger partial charge in [-0.25, -0.2) is 8.78 Å². The Balaban J connectivity index is 1.67. The molecule has 33 heavy (non-hydrogen) atoms. The maximum absolute atomic E-state index is 15.6. The van der Waals surface area contributed by atoms with Crippen LogP contribution in [0.3, 0.4) is 0 Å². The van der Waals surface area contributed by atoms with Gasteiger partial charge >= 0.3 is 0 Å². The summed E-state index contributed by atoms with van der Waals surface area (Å²) in [7, 11) is 0. The van der Waals surface area contributed by atoms with Crippen molar-refractivity contribution in [3.63, 3.8) is 0 Å². The number of halogens is 4. The highest BCUT2D eigenvalue weighted by atomic mass is 79.9. The molecule has 4 fully saturated rings. The number of rotatable bonds is 2. The van der Waals surface area contributed by atoms with E-state index in [4.69, 9.17) is 21.1 Å². The number of fused-ring (bicyclic) bond motifs is 7. The quantitative estimate of drug-likeness (QED) is 0.519. The molecule has 1 N–H and O–H groups in total. The van der Waals surface area contributed by atoms with Gasteiger partial charge in [0.2, 0.25) is 11.4 Å². The molecule has 5 aliphatic rings. The minimum atomic E-state index is -2.30. The molecule has 0 aromatic heterocycles. The number of hydrogen-bond donors (Lipinski definition) is 1. The Kier molecular flexibility index (Phi) is 5.07. The van der Waals surface area contributed by atoms with E-state index in [1.807, 2.05) is 6.92 Å². The summed E-state index contributed by atoms with van der Waals surface area (Å²) in [6, 6.07) is 0. The van der Waals surface area contributed by atoms with Crippen molar-refractivity contribution < 1.29 is 33.0 Å². The van der Waals surface area contributed by atoms with E-state index in [0.717, 1.165) is 0 Å². The first-order valence-corrected chi connectivity index (χ1v) is 12.5. The minimum Gasteiger partial charge on any atom is -0.392 e. The number of aliphatic hydroxyl groups excluding tert-OH is 1. The number of ether oxygens (including phenoxy) is 2. The summed E-state index contributed by atoms with van der Waals surface area (Å²) in [4.78, 5) is 25.3. The number of ketones is 2. The first kappa shape index (κ1) is 24.0. The van der Waals surface area contributed by atoms with Crippen LogP contribution in [0.15, 0.2) is 23.8 Å². The lowest BCUT2D eigenvalue weighted by Gasteiger charge is -2.64. The van der Waals surface area contributed by atoms with Gasteiger partial charge in [-0.1, -0.05) is 47.5 Å². The largest absolute Gasteiger partial charge is 0.392 e. The van der Waals surface area contributed by atoms with E-state index in [1.165, 1.54) is 12.2 Å². The molecule has 9 heteroatoms. The topological polar surface area (TPSA) is 72.8 Å². The Morgan fingerprint density at radius 1 is 1.27 bits per heavy atom. The monoisotopic (exact) mass is 548 g/mol. The van der Waals surface area contributed by atoms with Gasteiger partial charge in [0.25, 0.3) is 0 Å². The highest BCUT2D eigenvalue weighted by molar-refractivity contribution is 9.10. The van der Waals surface area contributed by atoms with Crippen molar-refractivity contribution in [1.29, 1.82) is 0 Å². The normalized spacial score (nSPS) is 52.9. The molecule has 10 atom stereocenters. The second kappa shape index (κ2) is 6.96. The molecule has 5 rings (SSSR count). The zero-order valence-corrected chi connectivity index (χ0v) is 21.3. The van der Waals surface area contributed by atoms with Crippen molar-refractivity contribution >= 4 is 39.1 Å². The zero-order valence-electron chi connectivity index (χ0n) is 18.9. The van der Waals surface area contributed by atoms with Gasteiger partial charge in [0, 0.05) is 10.8 Å². The van der Waals surface area contributed by atoms with Crippen molar-refractivity contribution in [3.8, 4) is 0 Å². The summed E-state index contributed by atoms with van der Waals surface area (Å²) < 4.78 is 41.3. The van der Waals surface area contributed by atoms with Crippen molar-refractivity contribution in [2.24, 2.45) is 22.7 Å². The highest BCUT2D eigenvalue weighted by Crippen LogP contribution is 2.73. The molecule has 0 bridgehead atoms. The molecule has 1 unspecified atom stereocenters. The van der Waals surface area contributed by atoms with E-state index < -0.39 is 62.3 Å². The van der Waals surface area contributed by atoms with Crippen LogP contribution in [0.4, 0.5) is 8.78 Å². The standard InChI is InChI=1S/C24H28BrClF2O5/c1-20(2)32-17-9-12-13-8-15(27)14-7-11(29)5-6-21(14,3)23(13,25)16(30)10-22(12,4)24(17,33-20)18(31)19(26)28/h5-7,12-13,15-17,19,30H,8-10H2,1-4H3/t12-,13-,15-,16-,17+,19?,21-,22-,23-,24-/m0/s1. The van der Waals surface area contributed by atoms with E-state index in [1.54, 1.807) is 26.8 Å². The summed E-state index contributed by atoms with van der Waals surface area (Å²) >= 11 is 9.52. The van der Waals surface area contributed by atoms with Crippen LogP contribution in [0.25, 0.3) is 0 Å². The molecule has 0 amide bonds. The third-order valence-electron chi connectivity index (χ3n) is 9.19. The summed E-state index contributed by atoms with van der Waals surface area (Å²) in [6.45, 7) is 6.95. The number of Topliss-reactive ketones (excluding diaryl/α,β-unsaturated/α-hetero) is 1. The van der Waals surface area contributed by atoms with Crippen LogP contribution < -0.4 is 0 Å². The summed E-state index contributed by atoms with van der Waals surface area (Å²) in [5, 5.41) is 11.7. The van der Waals surface area contributed by atoms with Crippen molar-refractivity contribution in [2.75, 3.05) is 0 Å². The molecule has 0 radical (unpaired) electrons. The number of carbonyl (C=O) groups excluding carboxylic acids is 2. The molecule has 1 heterocycles. The Hall–Kier alpha value is -0.670. The molecule has 1 aliphatic heterocycles. The van der Waals surface area contributed by atoms with Crippen molar-refractivity contribution in [3.05, 3.63) is 23.8 Å². The summed E-state index contributed by atoms with van der Waals surface area (Å²) in [5.41, 5.74) is -5.66. The lowest BCUT2D eigenvalue weighted by Crippen LogP contribution is -2.70. The fraction of sp³-hybridized carbons (Fsp3) is 0.750. The van der Waals surface area contributed by atoms with Crippen LogP contribution in [-0.2, 0) is 19.1 Å². The molecule has 0 aromatic carbocycles. The SMILES string of the molecule is CC1(C)O[C@@H]2C[C@H]3[C@@H]4C[C@H](F)C5=CC(=O)C=C[C@]5(C)[C@@]4(Br)[C@@H](O)C[C@]3(C)[C@]2(C(=O)C(F)Cl)O1. The van der Waals surface area contributed by atoms with Crippen LogP contribution in [0.2, 0.25) is 0 Å². The predicted octanol–water partition coefficient (Wildman–Crippen LogP) is 4.33. The van der Waals surface area contributed by atoms with Crippen LogP contribution in [0, 0.1) is 22.7 Å². The number of carbonyl (C=O) groups is 2. The van der Waals surface area contributed by atoms with Crippen LogP contribution in [-0.4, -0.2) is 56.4 Å². The van der Waals surface area contributed by atoms with Gasteiger partial charge in [-0.05, 0) is 62.7 Å². The van der Waals surface area contributed by atoms with Gasteiger partial charge in [-0.2, -0.15) is 0 Å². The minimum absolute atomic E-state index is 0.0470. The Morgan fingerprint density at radius 2 is 1.94 bits per heavy atom. The summed E-state index contributed by atoms with van der Waals surface area (Å²) in [5.74, 6) is -3.11. The van der Waals surface area contributed by atoms with Crippen LogP contribution >= 0.6 is 27.5 Å². The van der Waals surface area contributed by atoms with Crippen LogP contribution in [0.1, 0.15) is 47.0 Å². The highest BCUT2D eigenvalue weighted by Gasteiger charge is 2.80. The van der Waals surface area contributed by atoms with E-state index in [-0.39, 0.29) is 24.5 Å². The molecular weight excluding hydrogens is 522 g/mol. The fourth-order valence-electron chi connectivity index (χ4n) is 7.90. The van der Waals surface area contributed by atoms with Crippen molar-refractivity contribution in [1.82, 2.24) is 0 Å². The van der Waals surface area contributed by atoms with Gasteiger partial charge in [-0.3, -0.25) is 9.59 Å². The second-order valence-corrected chi connectivity index (χ2v) is 12.8. The number of alkyl halides is 4. The third-order valence-corrected chi connectivity index (χ3v) is 11.3. The smallest absolute Gasteiger partial charge is 0.234 e. The number of hydrogen-bond acceptors (Lipinski definition) is 5. The van der Waals surface area contributed by atoms with Crippen molar-refractivity contribution in [2.45, 2.75) is 86.7 Å². The molecule has 0 spiro atoms. The molecule has 1 saturated heterocycles. The molecule has 0 aromatic rings. The molecule has 4 aliphatic carbocycles. The number of aliphatic hydroxyl groups is 1. The van der Waals surface area contributed by atoms with Gasteiger partial charge in [0.05, 0.1) is 16.5 Å². The number of allylic oxidation sites excluding steroid dienone is 4. The van der Waals surface area contributed by atoms with Gasteiger partial charge < -0.3 is 14.6 Å². The third kappa shape index (κ3) is 2.73. The Labute approximate surface area is 205 Å². The Bertz CT molecular complexity index is 999. The van der Waals surface area contributed by atoms with Crippen LogP contribution in [0.5, 0.6) is 0 Å². The van der Waals surface area contributed by atoms with Gasteiger partial charge in [0.1, 0.15) is 6.17 Å². The molecule has 3 saturated carbocycles. The first-order chi connectivity index (χ1) is 15.1. The lowest BCUT2D eigenvalue weighted by molar-refractivity contribution is -0.222. The van der Waals surface area contributed by atoms with E-state index >= 15 is 4.39 Å².